The maximum atomic E-state index is 13.3. The Labute approximate surface area is 132 Å². The standard InChI is InChI=1S/C18H16F2N2O/c1-18(19,20)14-4-6-15(7-5-14)23-16-10-12(11-21)9-13-3-2-8-22-17(13)16/h2-10H,11,21H2,1H3. The molecule has 0 spiro atoms. The number of nitrogens with two attached hydrogens (primary N) is 1. The zero-order chi connectivity index (χ0) is 16.4. The van der Waals surface area contributed by atoms with E-state index in [1.807, 2.05) is 24.3 Å². The highest BCUT2D eigenvalue weighted by atomic mass is 19.3. The molecule has 23 heavy (non-hydrogen) atoms. The second-order valence-corrected chi connectivity index (χ2v) is 5.39. The summed E-state index contributed by atoms with van der Waals surface area (Å²) in [7, 11) is 0. The van der Waals surface area contributed by atoms with E-state index >= 15 is 0 Å². The quantitative estimate of drug-likeness (QED) is 0.765. The molecule has 3 aromatic rings. The van der Waals surface area contributed by atoms with Crippen LogP contribution in [0.5, 0.6) is 11.5 Å². The van der Waals surface area contributed by atoms with Gasteiger partial charge in [0.1, 0.15) is 11.3 Å². The number of pyridine rings is 1. The van der Waals surface area contributed by atoms with Crippen LogP contribution < -0.4 is 10.5 Å². The third kappa shape index (κ3) is 3.29. The smallest absolute Gasteiger partial charge is 0.270 e. The predicted molar refractivity (Wildman–Crippen MR) is 85.7 cm³/mol. The number of rotatable bonds is 4. The molecule has 0 fully saturated rings. The van der Waals surface area contributed by atoms with Gasteiger partial charge in [0.05, 0.1) is 0 Å². The number of hydrogen-bond acceptors (Lipinski definition) is 3. The minimum Gasteiger partial charge on any atom is -0.455 e. The maximum absolute atomic E-state index is 13.3. The minimum atomic E-state index is -2.87. The van der Waals surface area contributed by atoms with E-state index in [-0.39, 0.29) is 5.56 Å². The van der Waals surface area contributed by atoms with Crippen molar-refractivity contribution in [1.29, 1.82) is 0 Å². The highest BCUT2D eigenvalue weighted by Gasteiger charge is 2.23. The molecular formula is C18H16F2N2O. The summed E-state index contributed by atoms with van der Waals surface area (Å²) in [5, 5.41) is 0.919. The predicted octanol–water partition coefficient (Wildman–Crippen LogP) is 4.60. The van der Waals surface area contributed by atoms with Crippen LogP contribution in [0, 0.1) is 0 Å². The summed E-state index contributed by atoms with van der Waals surface area (Å²) >= 11 is 0. The van der Waals surface area contributed by atoms with Crippen molar-refractivity contribution < 1.29 is 13.5 Å². The molecule has 0 unspecified atom stereocenters. The van der Waals surface area contributed by atoms with Crippen LogP contribution in [0.2, 0.25) is 0 Å². The number of alkyl halides is 2. The fraction of sp³-hybridized carbons (Fsp3) is 0.167. The Morgan fingerprint density at radius 3 is 2.52 bits per heavy atom. The van der Waals surface area contributed by atoms with Crippen LogP contribution in [0.15, 0.2) is 54.7 Å². The average molecular weight is 314 g/mol. The summed E-state index contributed by atoms with van der Waals surface area (Å²) in [6.07, 6.45) is 1.68. The molecular weight excluding hydrogens is 298 g/mol. The largest absolute Gasteiger partial charge is 0.455 e. The van der Waals surface area contributed by atoms with Gasteiger partial charge in [0.2, 0.25) is 0 Å². The third-order valence-corrected chi connectivity index (χ3v) is 3.55. The molecule has 0 saturated heterocycles. The lowest BCUT2D eigenvalue weighted by Crippen LogP contribution is -2.06. The molecule has 0 saturated carbocycles. The molecule has 1 heterocycles. The summed E-state index contributed by atoms with van der Waals surface area (Å²) in [4.78, 5) is 4.32. The first kappa shape index (κ1) is 15.4. The van der Waals surface area contributed by atoms with Crippen molar-refractivity contribution in [2.24, 2.45) is 5.73 Å². The Morgan fingerprint density at radius 1 is 1.13 bits per heavy atom. The summed E-state index contributed by atoms with van der Waals surface area (Å²) in [5.74, 6) is -1.84. The van der Waals surface area contributed by atoms with E-state index in [0.717, 1.165) is 17.9 Å². The first-order valence-electron chi connectivity index (χ1n) is 7.21. The lowest BCUT2D eigenvalue weighted by atomic mass is 10.1. The molecule has 0 atom stereocenters. The van der Waals surface area contributed by atoms with E-state index in [1.54, 1.807) is 6.20 Å². The third-order valence-electron chi connectivity index (χ3n) is 3.55. The highest BCUT2D eigenvalue weighted by molar-refractivity contribution is 5.85. The van der Waals surface area contributed by atoms with Gasteiger partial charge in [-0.15, -0.1) is 0 Å². The lowest BCUT2D eigenvalue weighted by Gasteiger charge is -2.13. The lowest BCUT2D eigenvalue weighted by molar-refractivity contribution is 0.0174. The minimum absolute atomic E-state index is 0.0523. The van der Waals surface area contributed by atoms with E-state index in [9.17, 15) is 8.78 Å². The van der Waals surface area contributed by atoms with Crippen LogP contribution in [-0.2, 0) is 12.5 Å². The van der Waals surface area contributed by atoms with Crippen LogP contribution >= 0.6 is 0 Å². The summed E-state index contributed by atoms with van der Waals surface area (Å²) < 4.78 is 32.3. The van der Waals surface area contributed by atoms with E-state index in [2.05, 4.69) is 4.98 Å². The first-order chi connectivity index (χ1) is 11.0. The van der Waals surface area contributed by atoms with Gasteiger partial charge in [-0.2, -0.15) is 0 Å². The summed E-state index contributed by atoms with van der Waals surface area (Å²) in [5.41, 5.74) is 7.28. The van der Waals surface area contributed by atoms with Gasteiger partial charge in [0.15, 0.2) is 5.75 Å². The van der Waals surface area contributed by atoms with Crippen molar-refractivity contribution in [2.45, 2.75) is 19.4 Å². The molecule has 118 valence electrons. The molecule has 0 aliphatic rings. The van der Waals surface area contributed by atoms with Gasteiger partial charge >= 0.3 is 0 Å². The van der Waals surface area contributed by atoms with Gasteiger partial charge < -0.3 is 10.5 Å². The van der Waals surface area contributed by atoms with Crippen molar-refractivity contribution in [3.8, 4) is 11.5 Å². The van der Waals surface area contributed by atoms with Gasteiger partial charge in [0.25, 0.3) is 5.92 Å². The zero-order valence-corrected chi connectivity index (χ0v) is 12.6. The van der Waals surface area contributed by atoms with Crippen LogP contribution in [0.25, 0.3) is 10.9 Å². The average Bonchev–Trinajstić information content (AvgIpc) is 2.54. The number of fused-ring (bicyclic) bond motifs is 1. The highest BCUT2D eigenvalue weighted by Crippen LogP contribution is 2.32. The molecule has 3 rings (SSSR count). The molecule has 0 radical (unpaired) electrons. The fourth-order valence-corrected chi connectivity index (χ4v) is 2.36. The molecule has 0 amide bonds. The summed E-state index contributed by atoms with van der Waals surface area (Å²) in [6.45, 7) is 1.24. The molecule has 5 heteroatoms. The van der Waals surface area contributed by atoms with E-state index in [4.69, 9.17) is 10.5 Å². The molecule has 0 bridgehead atoms. The Hall–Kier alpha value is -2.53. The Bertz CT molecular complexity index is 827. The number of halogens is 2. The Balaban J connectivity index is 1.98. The topological polar surface area (TPSA) is 48.1 Å². The molecule has 0 aliphatic heterocycles. The monoisotopic (exact) mass is 314 g/mol. The first-order valence-corrected chi connectivity index (χ1v) is 7.21. The van der Waals surface area contributed by atoms with Crippen molar-refractivity contribution in [3.63, 3.8) is 0 Å². The van der Waals surface area contributed by atoms with Crippen molar-refractivity contribution in [2.75, 3.05) is 0 Å². The van der Waals surface area contributed by atoms with Gasteiger partial charge in [-0.3, -0.25) is 4.98 Å². The molecule has 2 N–H and O–H groups in total. The number of ether oxygens (including phenoxy) is 1. The van der Waals surface area contributed by atoms with Crippen molar-refractivity contribution >= 4 is 10.9 Å². The zero-order valence-electron chi connectivity index (χ0n) is 12.6. The van der Waals surface area contributed by atoms with Gasteiger partial charge in [-0.1, -0.05) is 6.07 Å². The van der Waals surface area contributed by atoms with E-state index in [1.165, 1.54) is 24.3 Å². The van der Waals surface area contributed by atoms with Crippen LogP contribution in [0.3, 0.4) is 0 Å². The van der Waals surface area contributed by atoms with Crippen LogP contribution in [0.4, 0.5) is 8.78 Å². The van der Waals surface area contributed by atoms with Crippen molar-refractivity contribution in [3.05, 3.63) is 65.9 Å². The second kappa shape index (κ2) is 5.93. The summed E-state index contributed by atoms with van der Waals surface area (Å²) in [6, 6.07) is 13.3. The van der Waals surface area contributed by atoms with Gasteiger partial charge in [0, 0.05) is 30.6 Å². The molecule has 3 nitrogen and oxygen atoms in total. The van der Waals surface area contributed by atoms with Crippen LogP contribution in [0.1, 0.15) is 18.1 Å². The molecule has 1 aromatic heterocycles. The molecule has 0 aliphatic carbocycles. The van der Waals surface area contributed by atoms with E-state index < -0.39 is 5.92 Å². The number of hydrogen-bond donors (Lipinski definition) is 1. The Kier molecular flexibility index (Phi) is 3.96. The maximum Gasteiger partial charge on any atom is 0.270 e. The normalized spacial score (nSPS) is 11.7. The number of nitrogens with zero attached hydrogens (tertiary/aromatic N) is 1. The van der Waals surface area contributed by atoms with Crippen LogP contribution in [-0.4, -0.2) is 4.98 Å². The number of benzene rings is 2. The van der Waals surface area contributed by atoms with Crippen molar-refractivity contribution in [1.82, 2.24) is 4.98 Å². The SMILES string of the molecule is CC(F)(F)c1ccc(Oc2cc(CN)cc3cccnc23)cc1. The number of aromatic nitrogens is 1. The molecule has 2 aromatic carbocycles. The van der Waals surface area contributed by atoms with E-state index in [0.29, 0.717) is 23.6 Å². The second-order valence-electron chi connectivity index (χ2n) is 5.39. The Morgan fingerprint density at radius 2 is 1.87 bits per heavy atom. The van der Waals surface area contributed by atoms with Gasteiger partial charge in [-0.25, -0.2) is 8.78 Å². The van der Waals surface area contributed by atoms with Gasteiger partial charge in [-0.05, 0) is 48.0 Å². The fourth-order valence-electron chi connectivity index (χ4n) is 2.36.